The second-order valence-electron chi connectivity index (χ2n) is 6.69. The summed E-state index contributed by atoms with van der Waals surface area (Å²) in [6, 6.07) is 7.02. The molecule has 162 valence electrons. The molecule has 1 aromatic carbocycles. The summed E-state index contributed by atoms with van der Waals surface area (Å²) < 4.78 is 10.2. The van der Waals surface area contributed by atoms with Gasteiger partial charge in [0.05, 0.1) is 12.0 Å². The van der Waals surface area contributed by atoms with Gasteiger partial charge in [-0.05, 0) is 38.5 Å². The van der Waals surface area contributed by atoms with E-state index in [0.717, 1.165) is 16.9 Å². The number of hydrogen-bond donors (Lipinski definition) is 2. The highest BCUT2D eigenvalue weighted by Crippen LogP contribution is 2.33. The van der Waals surface area contributed by atoms with E-state index >= 15 is 0 Å². The Hall–Kier alpha value is -3.53. The summed E-state index contributed by atoms with van der Waals surface area (Å²) in [6.07, 6.45) is 0. The fourth-order valence-corrected chi connectivity index (χ4v) is 4.01. The number of fused-ring (bicyclic) bond motifs is 1. The smallest absolute Gasteiger partial charge is 0.348 e. The molecule has 1 amide bonds. The summed E-state index contributed by atoms with van der Waals surface area (Å²) in [6.45, 7) is 5.10. The van der Waals surface area contributed by atoms with Crippen molar-refractivity contribution < 1.29 is 23.9 Å². The van der Waals surface area contributed by atoms with Gasteiger partial charge in [-0.3, -0.25) is 9.59 Å². The van der Waals surface area contributed by atoms with Gasteiger partial charge >= 0.3 is 11.9 Å². The Kier molecular flexibility index (Phi) is 6.81. The van der Waals surface area contributed by atoms with Crippen molar-refractivity contribution in [1.29, 1.82) is 0 Å². The van der Waals surface area contributed by atoms with Gasteiger partial charge in [-0.15, -0.1) is 11.3 Å². The van der Waals surface area contributed by atoms with Gasteiger partial charge < -0.3 is 20.5 Å². The molecular formula is C21H22N4O5S. The third-order valence-electron chi connectivity index (χ3n) is 4.36. The zero-order valence-corrected chi connectivity index (χ0v) is 18.2. The first-order chi connectivity index (χ1) is 14.8. The lowest BCUT2D eigenvalue weighted by molar-refractivity contribution is -0.143. The number of carbonyl (C=O) groups is 3. The van der Waals surface area contributed by atoms with Gasteiger partial charge in [-0.25, -0.2) is 14.8 Å². The standard InChI is InChI=1S/C21H22N4O5S/c1-4-29-21(28)17-12(3)16-18(22)24-14(25-20(16)31-17)10-30-15(26)9-23-19(27)13-7-5-6-11(2)8-13/h5-8H,4,9-10H2,1-3H3,(H,23,27)(H2,22,24,25). The van der Waals surface area contributed by atoms with E-state index in [4.69, 9.17) is 15.2 Å². The van der Waals surface area contributed by atoms with Gasteiger partial charge in [0.1, 0.15) is 22.1 Å². The molecule has 3 N–H and O–H groups in total. The van der Waals surface area contributed by atoms with Crippen LogP contribution >= 0.6 is 11.3 Å². The molecule has 0 spiro atoms. The Morgan fingerprint density at radius 2 is 1.94 bits per heavy atom. The topological polar surface area (TPSA) is 134 Å². The third kappa shape index (κ3) is 5.15. The zero-order valence-electron chi connectivity index (χ0n) is 17.4. The summed E-state index contributed by atoms with van der Waals surface area (Å²) in [5, 5.41) is 3.09. The van der Waals surface area contributed by atoms with Crippen LogP contribution in [0.1, 0.15) is 43.9 Å². The van der Waals surface area contributed by atoms with Crippen LogP contribution in [0.5, 0.6) is 0 Å². The highest BCUT2D eigenvalue weighted by atomic mass is 32.1. The van der Waals surface area contributed by atoms with E-state index in [2.05, 4.69) is 15.3 Å². The predicted molar refractivity (Wildman–Crippen MR) is 116 cm³/mol. The van der Waals surface area contributed by atoms with Gasteiger partial charge in [-0.1, -0.05) is 17.7 Å². The quantitative estimate of drug-likeness (QED) is 0.533. The van der Waals surface area contributed by atoms with Crippen molar-refractivity contribution in [3.63, 3.8) is 0 Å². The van der Waals surface area contributed by atoms with E-state index in [1.807, 2.05) is 13.0 Å². The van der Waals surface area contributed by atoms with Crippen LogP contribution in [-0.2, 0) is 20.9 Å². The van der Waals surface area contributed by atoms with E-state index in [9.17, 15) is 14.4 Å². The number of hydrogen-bond acceptors (Lipinski definition) is 9. The number of aromatic nitrogens is 2. The molecule has 0 fully saturated rings. The molecule has 0 saturated carbocycles. The lowest BCUT2D eigenvalue weighted by atomic mass is 10.1. The maximum Gasteiger partial charge on any atom is 0.348 e. The average molecular weight is 442 g/mol. The van der Waals surface area contributed by atoms with E-state index in [1.165, 1.54) is 0 Å². The molecule has 0 aliphatic heterocycles. The zero-order chi connectivity index (χ0) is 22.5. The molecule has 10 heteroatoms. The Balaban J connectivity index is 1.63. The number of aryl methyl sites for hydroxylation is 2. The second kappa shape index (κ2) is 9.52. The van der Waals surface area contributed by atoms with E-state index in [-0.39, 0.29) is 37.3 Å². The minimum absolute atomic E-state index is 0.188. The third-order valence-corrected chi connectivity index (χ3v) is 5.53. The SMILES string of the molecule is CCOC(=O)c1sc2nc(COC(=O)CNC(=O)c3cccc(C)c3)nc(N)c2c1C. The van der Waals surface area contributed by atoms with Crippen molar-refractivity contribution in [3.05, 3.63) is 51.7 Å². The molecule has 2 aromatic heterocycles. The van der Waals surface area contributed by atoms with Gasteiger partial charge in [0.2, 0.25) is 0 Å². The fraction of sp³-hybridized carbons (Fsp3) is 0.286. The summed E-state index contributed by atoms with van der Waals surface area (Å²) in [4.78, 5) is 45.6. The predicted octanol–water partition coefficient (Wildman–Crippen LogP) is 2.54. The number of nitrogens with two attached hydrogens (primary N) is 1. The summed E-state index contributed by atoms with van der Waals surface area (Å²) in [7, 11) is 0. The molecule has 0 unspecified atom stereocenters. The number of ether oxygens (including phenoxy) is 2. The Labute approximate surface area is 182 Å². The summed E-state index contributed by atoms with van der Waals surface area (Å²) in [5.74, 6) is -1.08. The molecule has 0 aliphatic rings. The maximum absolute atomic E-state index is 12.1. The van der Waals surface area contributed by atoms with Gasteiger partial charge in [0.25, 0.3) is 5.91 Å². The Morgan fingerprint density at radius 1 is 1.16 bits per heavy atom. The van der Waals surface area contributed by atoms with Crippen molar-refractivity contribution in [2.75, 3.05) is 18.9 Å². The molecule has 0 saturated heterocycles. The number of anilines is 1. The van der Waals surface area contributed by atoms with Crippen LogP contribution in [-0.4, -0.2) is 41.0 Å². The lowest BCUT2D eigenvalue weighted by Gasteiger charge is -2.07. The van der Waals surface area contributed by atoms with E-state index in [1.54, 1.807) is 32.0 Å². The molecule has 9 nitrogen and oxygen atoms in total. The molecule has 0 atom stereocenters. The average Bonchev–Trinajstić information content (AvgIpc) is 3.07. The van der Waals surface area contributed by atoms with E-state index in [0.29, 0.717) is 26.2 Å². The highest BCUT2D eigenvalue weighted by molar-refractivity contribution is 7.20. The van der Waals surface area contributed by atoms with Gasteiger partial charge in [0, 0.05) is 5.56 Å². The molecule has 0 bridgehead atoms. The molecule has 0 aliphatic carbocycles. The minimum Gasteiger partial charge on any atom is -0.462 e. The molecule has 31 heavy (non-hydrogen) atoms. The second-order valence-corrected chi connectivity index (χ2v) is 7.69. The van der Waals surface area contributed by atoms with E-state index < -0.39 is 11.9 Å². The maximum atomic E-state index is 12.1. The first-order valence-electron chi connectivity index (χ1n) is 9.53. The lowest BCUT2D eigenvalue weighted by Crippen LogP contribution is -2.30. The van der Waals surface area contributed by atoms with Crippen molar-refractivity contribution >= 4 is 45.2 Å². The Morgan fingerprint density at radius 3 is 2.65 bits per heavy atom. The van der Waals surface area contributed by atoms with Crippen LogP contribution in [0.2, 0.25) is 0 Å². The fourth-order valence-electron chi connectivity index (χ4n) is 2.91. The minimum atomic E-state index is -0.641. The number of thiophene rings is 1. The van der Waals surface area contributed by atoms with Crippen LogP contribution < -0.4 is 11.1 Å². The number of nitrogens with one attached hydrogen (secondary N) is 1. The number of benzene rings is 1. The first-order valence-corrected chi connectivity index (χ1v) is 10.3. The molecule has 0 radical (unpaired) electrons. The van der Waals surface area contributed by atoms with Crippen molar-refractivity contribution in [1.82, 2.24) is 15.3 Å². The molecule has 3 aromatic rings. The molecule has 3 rings (SSSR count). The largest absolute Gasteiger partial charge is 0.462 e. The molecule has 2 heterocycles. The van der Waals surface area contributed by atoms with Crippen molar-refractivity contribution in [2.45, 2.75) is 27.4 Å². The Bertz CT molecular complexity index is 1160. The van der Waals surface area contributed by atoms with Gasteiger partial charge in [-0.2, -0.15) is 0 Å². The monoisotopic (exact) mass is 442 g/mol. The normalized spacial score (nSPS) is 10.7. The number of rotatable bonds is 7. The molecular weight excluding hydrogens is 420 g/mol. The van der Waals surface area contributed by atoms with Crippen molar-refractivity contribution in [3.8, 4) is 0 Å². The summed E-state index contributed by atoms with van der Waals surface area (Å²) in [5.41, 5.74) is 8.08. The summed E-state index contributed by atoms with van der Waals surface area (Å²) >= 11 is 1.14. The number of amides is 1. The highest BCUT2D eigenvalue weighted by Gasteiger charge is 2.21. The van der Waals surface area contributed by atoms with Crippen LogP contribution in [0, 0.1) is 13.8 Å². The van der Waals surface area contributed by atoms with Crippen LogP contribution in [0.4, 0.5) is 5.82 Å². The number of nitrogen functional groups attached to an aromatic ring is 1. The first kappa shape index (κ1) is 22.2. The van der Waals surface area contributed by atoms with Gasteiger partial charge in [0.15, 0.2) is 12.4 Å². The van der Waals surface area contributed by atoms with Crippen LogP contribution in [0.3, 0.4) is 0 Å². The van der Waals surface area contributed by atoms with Crippen molar-refractivity contribution in [2.24, 2.45) is 0 Å². The number of nitrogens with zero attached hydrogens (tertiary/aromatic N) is 2. The number of carbonyl (C=O) groups excluding carboxylic acids is 3. The van der Waals surface area contributed by atoms with Crippen LogP contribution in [0.25, 0.3) is 10.2 Å². The number of esters is 2. The van der Waals surface area contributed by atoms with Crippen LogP contribution in [0.15, 0.2) is 24.3 Å².